The zero-order valence-corrected chi connectivity index (χ0v) is 9.14. The summed E-state index contributed by atoms with van der Waals surface area (Å²) in [6, 6.07) is 3.99. The first kappa shape index (κ1) is 11.4. The van der Waals surface area contributed by atoms with Gasteiger partial charge in [0.15, 0.2) is 0 Å². The van der Waals surface area contributed by atoms with Crippen molar-refractivity contribution < 1.29 is 19.8 Å². The number of aromatic carboxylic acids is 1. The maximum atomic E-state index is 11.5. The third kappa shape index (κ3) is 2.96. The van der Waals surface area contributed by atoms with E-state index in [2.05, 4.69) is 5.32 Å². The van der Waals surface area contributed by atoms with Crippen molar-refractivity contribution in [3.05, 3.63) is 23.8 Å². The number of carboxylic acid groups (broad SMARTS) is 1. The number of phenols is 1. The Balaban J connectivity index is 2.07. The first-order valence-electron chi connectivity index (χ1n) is 5.42. The maximum Gasteiger partial charge on any atom is 0.339 e. The smallest absolute Gasteiger partial charge is 0.339 e. The molecule has 1 fully saturated rings. The van der Waals surface area contributed by atoms with Crippen molar-refractivity contribution in [3.8, 4) is 5.75 Å². The minimum absolute atomic E-state index is 0.116. The molecule has 1 aliphatic carbocycles. The van der Waals surface area contributed by atoms with Crippen molar-refractivity contribution in [2.75, 3.05) is 5.32 Å². The van der Waals surface area contributed by atoms with Crippen molar-refractivity contribution in [1.29, 1.82) is 0 Å². The molecule has 1 aromatic rings. The maximum absolute atomic E-state index is 11.5. The third-order valence-corrected chi connectivity index (χ3v) is 2.68. The van der Waals surface area contributed by atoms with E-state index in [0.717, 1.165) is 12.8 Å². The number of rotatable bonds is 4. The number of hydrogen-bond acceptors (Lipinski definition) is 3. The molecule has 1 aromatic carbocycles. The summed E-state index contributed by atoms with van der Waals surface area (Å²) in [5.41, 5.74) is 0.181. The van der Waals surface area contributed by atoms with Crippen LogP contribution in [0.25, 0.3) is 0 Å². The summed E-state index contributed by atoms with van der Waals surface area (Å²) in [6.07, 6.45) is 2.65. The van der Waals surface area contributed by atoms with E-state index in [1.54, 1.807) is 0 Å². The second-order valence-corrected chi connectivity index (χ2v) is 4.23. The molecule has 0 aromatic heterocycles. The van der Waals surface area contributed by atoms with Crippen LogP contribution in [0.5, 0.6) is 5.75 Å². The lowest BCUT2D eigenvalue weighted by Crippen LogP contribution is -2.12. The number of anilines is 1. The molecular weight excluding hydrogens is 222 g/mol. The number of nitrogens with one attached hydrogen (secondary N) is 1. The highest BCUT2D eigenvalue weighted by atomic mass is 16.4. The summed E-state index contributed by atoms with van der Waals surface area (Å²) in [5, 5.41) is 20.7. The molecule has 0 spiro atoms. The summed E-state index contributed by atoms with van der Waals surface area (Å²) in [7, 11) is 0. The summed E-state index contributed by atoms with van der Waals surface area (Å²) in [5.74, 6) is -1.17. The lowest BCUT2D eigenvalue weighted by atomic mass is 10.1. The highest BCUT2D eigenvalue weighted by Gasteiger charge is 2.24. The summed E-state index contributed by atoms with van der Waals surface area (Å²) < 4.78 is 0. The Morgan fingerprint density at radius 2 is 2.06 bits per heavy atom. The van der Waals surface area contributed by atoms with E-state index in [9.17, 15) is 14.7 Å². The summed E-state index contributed by atoms with van der Waals surface area (Å²) in [6.45, 7) is 0. The Bertz CT molecular complexity index is 466. The molecule has 0 unspecified atom stereocenters. The Morgan fingerprint density at radius 1 is 1.35 bits per heavy atom. The summed E-state index contributed by atoms with van der Waals surface area (Å²) >= 11 is 0. The first-order valence-corrected chi connectivity index (χ1v) is 5.42. The fourth-order valence-corrected chi connectivity index (χ4v) is 1.58. The van der Waals surface area contributed by atoms with Gasteiger partial charge in [0.2, 0.25) is 5.91 Å². The minimum Gasteiger partial charge on any atom is -0.507 e. The summed E-state index contributed by atoms with van der Waals surface area (Å²) in [4.78, 5) is 22.3. The molecule has 0 aliphatic heterocycles. The van der Waals surface area contributed by atoms with E-state index in [-0.39, 0.29) is 17.2 Å². The standard InChI is InChI=1S/C12H13NO4/c14-10-4-3-8(6-9(10)12(16)17)13-11(15)5-7-1-2-7/h3-4,6-7,14H,1-2,5H2,(H,13,15)(H,16,17). The Hall–Kier alpha value is -2.04. The molecular formula is C12H13NO4. The molecule has 90 valence electrons. The Labute approximate surface area is 98.1 Å². The third-order valence-electron chi connectivity index (χ3n) is 2.68. The van der Waals surface area contributed by atoms with Crippen LogP contribution in [0.15, 0.2) is 18.2 Å². The molecule has 0 atom stereocenters. The molecule has 0 heterocycles. The molecule has 0 bridgehead atoms. The number of hydrogen-bond donors (Lipinski definition) is 3. The Kier molecular flexibility index (Phi) is 2.99. The van der Waals surface area contributed by atoms with Gasteiger partial charge in [0, 0.05) is 12.1 Å². The van der Waals surface area contributed by atoms with Gasteiger partial charge >= 0.3 is 5.97 Å². The molecule has 1 aliphatic rings. The lowest BCUT2D eigenvalue weighted by Gasteiger charge is -2.06. The van der Waals surface area contributed by atoms with Crippen molar-refractivity contribution in [2.45, 2.75) is 19.3 Å². The topological polar surface area (TPSA) is 86.6 Å². The van der Waals surface area contributed by atoms with Gasteiger partial charge in [-0.2, -0.15) is 0 Å². The minimum atomic E-state index is -1.22. The van der Waals surface area contributed by atoms with Gasteiger partial charge in [-0.05, 0) is 37.0 Å². The van der Waals surface area contributed by atoms with Crippen molar-refractivity contribution >= 4 is 17.6 Å². The molecule has 2 rings (SSSR count). The zero-order valence-electron chi connectivity index (χ0n) is 9.14. The number of carbonyl (C=O) groups excluding carboxylic acids is 1. The highest BCUT2D eigenvalue weighted by molar-refractivity contribution is 5.95. The monoisotopic (exact) mass is 235 g/mol. The average molecular weight is 235 g/mol. The van der Waals surface area contributed by atoms with Crippen LogP contribution in [-0.2, 0) is 4.79 Å². The molecule has 1 saturated carbocycles. The normalized spacial score (nSPS) is 14.4. The fourth-order valence-electron chi connectivity index (χ4n) is 1.58. The second-order valence-electron chi connectivity index (χ2n) is 4.23. The average Bonchev–Trinajstić information content (AvgIpc) is 3.04. The van der Waals surface area contributed by atoms with Crippen molar-refractivity contribution in [2.24, 2.45) is 5.92 Å². The van der Waals surface area contributed by atoms with E-state index in [0.29, 0.717) is 18.0 Å². The van der Waals surface area contributed by atoms with E-state index in [1.165, 1.54) is 18.2 Å². The highest BCUT2D eigenvalue weighted by Crippen LogP contribution is 2.32. The largest absolute Gasteiger partial charge is 0.507 e. The van der Waals surface area contributed by atoms with Crippen LogP contribution >= 0.6 is 0 Å². The molecule has 0 saturated heterocycles. The van der Waals surface area contributed by atoms with Gasteiger partial charge in [-0.15, -0.1) is 0 Å². The van der Waals surface area contributed by atoms with Gasteiger partial charge in [0.05, 0.1) is 0 Å². The molecule has 5 nitrogen and oxygen atoms in total. The van der Waals surface area contributed by atoms with Crippen LogP contribution < -0.4 is 5.32 Å². The van der Waals surface area contributed by atoms with Gasteiger partial charge in [-0.3, -0.25) is 4.79 Å². The van der Waals surface area contributed by atoms with Gasteiger partial charge in [0.1, 0.15) is 11.3 Å². The van der Waals surface area contributed by atoms with Crippen molar-refractivity contribution in [3.63, 3.8) is 0 Å². The molecule has 0 radical (unpaired) electrons. The number of carbonyl (C=O) groups is 2. The van der Waals surface area contributed by atoms with E-state index >= 15 is 0 Å². The van der Waals surface area contributed by atoms with Gasteiger partial charge in [-0.25, -0.2) is 4.79 Å². The van der Waals surface area contributed by atoms with Crippen LogP contribution in [0.4, 0.5) is 5.69 Å². The number of amides is 1. The second kappa shape index (κ2) is 4.45. The fraction of sp³-hybridized carbons (Fsp3) is 0.333. The van der Waals surface area contributed by atoms with Crippen LogP contribution in [0.2, 0.25) is 0 Å². The van der Waals surface area contributed by atoms with E-state index < -0.39 is 5.97 Å². The molecule has 5 heteroatoms. The quantitative estimate of drug-likeness (QED) is 0.695. The molecule has 3 N–H and O–H groups in total. The van der Waals surface area contributed by atoms with Gasteiger partial charge < -0.3 is 15.5 Å². The van der Waals surface area contributed by atoms with E-state index in [1.807, 2.05) is 0 Å². The van der Waals surface area contributed by atoms with Gasteiger partial charge in [0.25, 0.3) is 0 Å². The van der Waals surface area contributed by atoms with Crippen molar-refractivity contribution in [1.82, 2.24) is 0 Å². The molecule has 17 heavy (non-hydrogen) atoms. The SMILES string of the molecule is O=C(CC1CC1)Nc1ccc(O)c(C(=O)O)c1. The van der Waals surface area contributed by atoms with Crippen LogP contribution in [-0.4, -0.2) is 22.1 Å². The van der Waals surface area contributed by atoms with Crippen LogP contribution in [0.3, 0.4) is 0 Å². The number of aromatic hydroxyl groups is 1. The predicted octanol–water partition coefficient (Wildman–Crippen LogP) is 1.83. The zero-order chi connectivity index (χ0) is 12.4. The van der Waals surface area contributed by atoms with Crippen LogP contribution in [0.1, 0.15) is 29.6 Å². The predicted molar refractivity (Wildman–Crippen MR) is 61.0 cm³/mol. The Morgan fingerprint density at radius 3 is 2.65 bits per heavy atom. The number of carboxylic acids is 1. The van der Waals surface area contributed by atoms with Gasteiger partial charge in [-0.1, -0.05) is 0 Å². The number of benzene rings is 1. The van der Waals surface area contributed by atoms with Crippen LogP contribution in [0, 0.1) is 5.92 Å². The van der Waals surface area contributed by atoms with E-state index in [4.69, 9.17) is 5.11 Å². The lowest BCUT2D eigenvalue weighted by molar-refractivity contribution is -0.116. The first-order chi connectivity index (χ1) is 8.06. The molecule has 1 amide bonds.